The quantitative estimate of drug-likeness (QED) is 0.734. The van der Waals surface area contributed by atoms with E-state index >= 15 is 0 Å². The van der Waals surface area contributed by atoms with Gasteiger partial charge in [0.2, 0.25) is 0 Å². The fourth-order valence-corrected chi connectivity index (χ4v) is 2.92. The third kappa shape index (κ3) is 5.95. The van der Waals surface area contributed by atoms with Crippen LogP contribution in [0.4, 0.5) is 0 Å². The van der Waals surface area contributed by atoms with E-state index in [4.69, 9.17) is 4.74 Å². The molecule has 0 radical (unpaired) electrons. The number of hydrogen-bond donors (Lipinski definition) is 1. The second-order valence-corrected chi connectivity index (χ2v) is 7.61. The number of rotatable bonds is 7. The highest BCUT2D eigenvalue weighted by Gasteiger charge is 2.36. The van der Waals surface area contributed by atoms with E-state index in [1.54, 1.807) is 0 Å². The topological polar surface area (TPSA) is 41.6 Å². The Labute approximate surface area is 130 Å². The highest BCUT2D eigenvalue weighted by Crippen LogP contribution is 2.30. The molecule has 1 heterocycles. The largest absolute Gasteiger partial charge is 0.465 e. The van der Waals surface area contributed by atoms with Crippen molar-refractivity contribution >= 4 is 5.97 Å². The summed E-state index contributed by atoms with van der Waals surface area (Å²) in [5, 5.41) is 3.40. The molecule has 0 aromatic heterocycles. The first-order valence-electron chi connectivity index (χ1n) is 8.36. The number of piperidine rings is 1. The molecular formula is C17H34N2O2. The van der Waals surface area contributed by atoms with Crippen LogP contribution in [0.5, 0.6) is 0 Å². The Hall–Kier alpha value is -0.610. The molecule has 0 saturated carbocycles. The van der Waals surface area contributed by atoms with Crippen molar-refractivity contribution in [2.24, 2.45) is 5.41 Å². The third-order valence-corrected chi connectivity index (χ3v) is 4.47. The summed E-state index contributed by atoms with van der Waals surface area (Å²) in [7, 11) is 0. The Bertz CT molecular complexity index is 332. The van der Waals surface area contributed by atoms with Gasteiger partial charge in [-0.05, 0) is 65.5 Å². The summed E-state index contributed by atoms with van der Waals surface area (Å²) in [4.78, 5) is 14.7. The highest BCUT2D eigenvalue weighted by molar-refractivity contribution is 5.80. The van der Waals surface area contributed by atoms with Crippen molar-refractivity contribution in [2.75, 3.05) is 26.2 Å². The van der Waals surface area contributed by atoms with E-state index in [1.165, 1.54) is 12.8 Å². The van der Waals surface area contributed by atoms with Gasteiger partial charge >= 0.3 is 5.97 Å². The molecule has 0 spiro atoms. The maximum absolute atomic E-state index is 12.3. The van der Waals surface area contributed by atoms with E-state index in [0.29, 0.717) is 12.0 Å². The van der Waals surface area contributed by atoms with Crippen LogP contribution < -0.4 is 5.32 Å². The lowest BCUT2D eigenvalue weighted by atomic mass is 9.82. The first-order valence-corrected chi connectivity index (χ1v) is 8.36. The van der Waals surface area contributed by atoms with Crippen molar-refractivity contribution in [3.05, 3.63) is 0 Å². The molecule has 0 aromatic carbocycles. The summed E-state index contributed by atoms with van der Waals surface area (Å²) in [5.41, 5.74) is -0.117. The van der Waals surface area contributed by atoms with Crippen LogP contribution in [-0.4, -0.2) is 48.7 Å². The molecule has 4 heteroatoms. The fourth-order valence-electron chi connectivity index (χ4n) is 2.92. The lowest BCUT2D eigenvalue weighted by molar-refractivity contribution is -0.151. The van der Waals surface area contributed by atoms with Crippen LogP contribution in [0.15, 0.2) is 0 Å². The molecule has 1 saturated heterocycles. The first kappa shape index (κ1) is 18.4. The van der Waals surface area contributed by atoms with Crippen LogP contribution in [-0.2, 0) is 9.53 Å². The molecule has 21 heavy (non-hydrogen) atoms. The van der Waals surface area contributed by atoms with Crippen molar-refractivity contribution in [1.29, 1.82) is 0 Å². The van der Waals surface area contributed by atoms with Crippen LogP contribution in [0.2, 0.25) is 0 Å². The number of nitrogens with zero attached hydrogens (tertiary/aromatic N) is 1. The van der Waals surface area contributed by atoms with E-state index in [9.17, 15) is 4.79 Å². The standard InChI is InChI=1S/C17H34N2O2/c1-7-21-15(20)17(6,18-14(2)3)10-13-19-11-8-16(4,5)9-12-19/h14,18H,7-13H2,1-6H3. The molecule has 1 rings (SSSR count). The number of esters is 1. The summed E-state index contributed by atoms with van der Waals surface area (Å²) in [6.45, 7) is 16.3. The molecule has 4 nitrogen and oxygen atoms in total. The van der Waals surface area contributed by atoms with Crippen LogP contribution in [0.1, 0.15) is 60.8 Å². The molecule has 124 valence electrons. The summed E-state index contributed by atoms with van der Waals surface area (Å²) in [6, 6.07) is 0.264. The van der Waals surface area contributed by atoms with Crippen molar-refractivity contribution in [3.63, 3.8) is 0 Å². The highest BCUT2D eigenvalue weighted by atomic mass is 16.5. The zero-order valence-electron chi connectivity index (χ0n) is 14.8. The molecule has 1 atom stereocenters. The molecule has 1 aliphatic heterocycles. The average molecular weight is 298 g/mol. The van der Waals surface area contributed by atoms with Crippen LogP contribution in [0, 0.1) is 5.41 Å². The van der Waals surface area contributed by atoms with Crippen LogP contribution in [0.25, 0.3) is 0 Å². The lowest BCUT2D eigenvalue weighted by Gasteiger charge is -2.39. The summed E-state index contributed by atoms with van der Waals surface area (Å²) in [5.74, 6) is -0.129. The van der Waals surface area contributed by atoms with E-state index in [0.717, 1.165) is 26.1 Å². The number of likely N-dealkylation sites (tertiary alicyclic amines) is 1. The normalized spacial score (nSPS) is 22.0. The van der Waals surface area contributed by atoms with Crippen molar-refractivity contribution in [3.8, 4) is 0 Å². The fraction of sp³-hybridized carbons (Fsp3) is 0.941. The van der Waals surface area contributed by atoms with Crippen LogP contribution in [0.3, 0.4) is 0 Å². The number of ether oxygens (including phenoxy) is 1. The van der Waals surface area contributed by atoms with E-state index in [2.05, 4.69) is 37.9 Å². The van der Waals surface area contributed by atoms with E-state index in [-0.39, 0.29) is 12.0 Å². The Morgan fingerprint density at radius 2 is 1.90 bits per heavy atom. The molecule has 0 aliphatic carbocycles. The Morgan fingerprint density at radius 1 is 1.33 bits per heavy atom. The third-order valence-electron chi connectivity index (χ3n) is 4.47. The monoisotopic (exact) mass is 298 g/mol. The minimum Gasteiger partial charge on any atom is -0.465 e. The van der Waals surface area contributed by atoms with Gasteiger partial charge in [-0.25, -0.2) is 0 Å². The Balaban J connectivity index is 2.55. The van der Waals surface area contributed by atoms with Crippen molar-refractivity contribution in [1.82, 2.24) is 10.2 Å². The molecule has 1 N–H and O–H groups in total. The number of carbonyl (C=O) groups excluding carboxylic acids is 1. The maximum atomic E-state index is 12.3. The molecular weight excluding hydrogens is 264 g/mol. The van der Waals surface area contributed by atoms with Gasteiger partial charge < -0.3 is 9.64 Å². The van der Waals surface area contributed by atoms with Crippen molar-refractivity contribution < 1.29 is 9.53 Å². The van der Waals surface area contributed by atoms with Gasteiger partial charge in [-0.15, -0.1) is 0 Å². The van der Waals surface area contributed by atoms with Gasteiger partial charge in [-0.2, -0.15) is 0 Å². The maximum Gasteiger partial charge on any atom is 0.326 e. The summed E-state index contributed by atoms with van der Waals surface area (Å²) < 4.78 is 5.26. The molecule has 1 unspecified atom stereocenters. The van der Waals surface area contributed by atoms with Gasteiger partial charge in [-0.1, -0.05) is 13.8 Å². The van der Waals surface area contributed by atoms with Crippen LogP contribution >= 0.6 is 0 Å². The zero-order chi connectivity index (χ0) is 16.1. The summed E-state index contributed by atoms with van der Waals surface area (Å²) >= 11 is 0. The molecule has 1 fully saturated rings. The van der Waals surface area contributed by atoms with Gasteiger partial charge in [0.25, 0.3) is 0 Å². The zero-order valence-corrected chi connectivity index (χ0v) is 14.8. The van der Waals surface area contributed by atoms with Gasteiger partial charge in [0, 0.05) is 12.6 Å². The van der Waals surface area contributed by atoms with E-state index in [1.807, 2.05) is 13.8 Å². The molecule has 0 bridgehead atoms. The first-order chi connectivity index (χ1) is 9.68. The van der Waals surface area contributed by atoms with Gasteiger partial charge in [-0.3, -0.25) is 10.1 Å². The molecule has 0 amide bonds. The number of hydrogen-bond acceptors (Lipinski definition) is 4. The van der Waals surface area contributed by atoms with Gasteiger partial charge in [0.15, 0.2) is 0 Å². The molecule has 1 aliphatic rings. The predicted molar refractivity (Wildman–Crippen MR) is 87.4 cm³/mol. The SMILES string of the molecule is CCOC(=O)C(C)(CCN1CCC(C)(C)CC1)NC(C)C. The Kier molecular flexibility index (Phi) is 6.67. The lowest BCUT2D eigenvalue weighted by Crippen LogP contribution is -2.55. The van der Waals surface area contributed by atoms with Gasteiger partial charge in [0.05, 0.1) is 6.61 Å². The average Bonchev–Trinajstić information content (AvgIpc) is 2.37. The molecule has 0 aromatic rings. The number of carbonyl (C=O) groups is 1. The van der Waals surface area contributed by atoms with Crippen molar-refractivity contribution in [2.45, 2.75) is 72.4 Å². The predicted octanol–water partition coefficient (Wildman–Crippen LogP) is 2.82. The van der Waals surface area contributed by atoms with Gasteiger partial charge in [0.1, 0.15) is 5.54 Å². The Morgan fingerprint density at radius 3 is 2.38 bits per heavy atom. The summed E-state index contributed by atoms with van der Waals surface area (Å²) in [6.07, 6.45) is 3.27. The smallest absolute Gasteiger partial charge is 0.326 e. The number of nitrogens with one attached hydrogen (secondary N) is 1. The second-order valence-electron chi connectivity index (χ2n) is 7.61. The minimum absolute atomic E-state index is 0.129. The van der Waals surface area contributed by atoms with E-state index < -0.39 is 5.54 Å². The minimum atomic E-state index is -0.586. The second kappa shape index (κ2) is 7.59.